The number of nitrogens with one attached hydrogen (secondary N) is 3. The number of aromatic nitrogens is 2. The number of fused-ring (bicyclic) bond motifs is 1. The summed E-state index contributed by atoms with van der Waals surface area (Å²) >= 11 is 1.02. The average molecular weight is 893 g/mol. The first-order valence-corrected chi connectivity index (χ1v) is 23.4. The number of nitro groups is 1. The van der Waals surface area contributed by atoms with Crippen molar-refractivity contribution in [3.05, 3.63) is 147 Å². The Morgan fingerprint density at radius 1 is 0.969 bits per heavy atom. The molecule has 1 spiro atoms. The molecule has 3 N–H and O–H groups in total. The molecule has 3 fully saturated rings. The van der Waals surface area contributed by atoms with Gasteiger partial charge in [-0.1, -0.05) is 62.4 Å². The first kappa shape index (κ1) is 44.0. The van der Waals surface area contributed by atoms with Crippen LogP contribution in [0.3, 0.4) is 0 Å². The van der Waals surface area contributed by atoms with Crippen LogP contribution in [-0.2, 0) is 6.54 Å². The largest absolute Gasteiger partial charge is 0.455 e. The second kappa shape index (κ2) is 18.7. The molecule has 1 saturated carbocycles. The van der Waals surface area contributed by atoms with Crippen molar-refractivity contribution in [1.82, 2.24) is 24.5 Å². The van der Waals surface area contributed by atoms with Gasteiger partial charge >= 0.3 is 0 Å². The second-order valence-corrected chi connectivity index (χ2v) is 19.0. The van der Waals surface area contributed by atoms with E-state index in [0.717, 1.165) is 86.3 Å². The highest BCUT2D eigenvalue weighted by Crippen LogP contribution is 2.53. The van der Waals surface area contributed by atoms with Crippen LogP contribution in [-0.4, -0.2) is 82.2 Å². The lowest BCUT2D eigenvalue weighted by atomic mass is 9.59. The van der Waals surface area contributed by atoms with Gasteiger partial charge in [0.2, 0.25) is 0 Å². The Morgan fingerprint density at radius 2 is 1.75 bits per heavy atom. The van der Waals surface area contributed by atoms with Crippen LogP contribution in [0.5, 0.6) is 11.5 Å². The molecule has 3 aliphatic rings. The Kier molecular flexibility index (Phi) is 12.7. The summed E-state index contributed by atoms with van der Waals surface area (Å²) in [6, 6.07) is 32.3. The number of pyridine rings is 1. The number of anilines is 2. The third kappa shape index (κ3) is 9.47. The zero-order chi connectivity index (χ0) is 45.2. The topological polar surface area (TPSA) is 149 Å². The van der Waals surface area contributed by atoms with Crippen LogP contribution in [0, 0.1) is 15.5 Å². The summed E-state index contributed by atoms with van der Waals surface area (Å²) in [6.45, 7) is 11.9. The number of ether oxygens (including phenoxy) is 1. The van der Waals surface area contributed by atoms with Crippen LogP contribution in [0.25, 0.3) is 11.0 Å². The van der Waals surface area contributed by atoms with Crippen molar-refractivity contribution < 1.29 is 19.2 Å². The van der Waals surface area contributed by atoms with E-state index < -0.39 is 4.92 Å². The van der Waals surface area contributed by atoms with E-state index in [-0.39, 0.29) is 17.4 Å². The maximum Gasteiger partial charge on any atom is 0.293 e. The van der Waals surface area contributed by atoms with Crippen LogP contribution >= 0.6 is 11.9 Å². The number of nitrogens with zero attached hydrogens (tertiary/aromatic N) is 5. The normalized spacial score (nSPS) is 17.9. The van der Waals surface area contributed by atoms with Crippen molar-refractivity contribution in [2.24, 2.45) is 5.41 Å². The van der Waals surface area contributed by atoms with Crippen molar-refractivity contribution >= 4 is 51.7 Å². The number of carbonyl (C=O) groups excluding carboxylic acids is 2. The lowest BCUT2D eigenvalue weighted by Gasteiger charge is -2.58. The number of carbonyl (C=O) groups is 2. The summed E-state index contributed by atoms with van der Waals surface area (Å²) in [7, 11) is 1.63. The Labute approximate surface area is 384 Å². The minimum absolute atomic E-state index is 0.0744. The summed E-state index contributed by atoms with van der Waals surface area (Å²) in [5.41, 5.74) is 7.55. The summed E-state index contributed by atoms with van der Waals surface area (Å²) in [4.78, 5) is 52.9. The minimum atomic E-state index is -0.448. The average Bonchev–Trinajstić information content (AvgIpc) is 3.78. The Bertz CT molecular complexity index is 2710. The van der Waals surface area contributed by atoms with E-state index in [9.17, 15) is 19.7 Å². The molecular weight excluding hydrogens is 837 g/mol. The maximum absolute atomic E-state index is 13.8. The predicted octanol–water partition coefficient (Wildman–Crippen LogP) is 10.4. The predicted molar refractivity (Wildman–Crippen MR) is 257 cm³/mol. The van der Waals surface area contributed by atoms with Crippen LogP contribution in [0.4, 0.5) is 17.1 Å². The molecule has 2 aliphatic heterocycles. The zero-order valence-corrected chi connectivity index (χ0v) is 38.2. The minimum Gasteiger partial charge on any atom is -0.455 e. The molecule has 4 heterocycles. The molecule has 2 aromatic heterocycles. The van der Waals surface area contributed by atoms with Gasteiger partial charge in [-0.15, -0.1) is 0 Å². The van der Waals surface area contributed by atoms with Gasteiger partial charge in [0, 0.05) is 98.3 Å². The van der Waals surface area contributed by atoms with E-state index in [1.54, 1.807) is 38.4 Å². The number of H-pyrrole nitrogens is 1. The fraction of sp³-hybridized carbons (Fsp3) is 0.353. The number of aromatic amines is 1. The van der Waals surface area contributed by atoms with Gasteiger partial charge in [0.15, 0.2) is 5.78 Å². The Balaban J connectivity index is 0.887. The smallest absolute Gasteiger partial charge is 0.293 e. The number of piperidine rings is 1. The van der Waals surface area contributed by atoms with E-state index in [0.29, 0.717) is 51.1 Å². The summed E-state index contributed by atoms with van der Waals surface area (Å²) in [6.07, 6.45) is 8.03. The van der Waals surface area contributed by atoms with Gasteiger partial charge in [0.05, 0.1) is 16.7 Å². The molecule has 2 saturated heterocycles. The number of amides is 1. The van der Waals surface area contributed by atoms with Crippen molar-refractivity contribution in [1.29, 1.82) is 0 Å². The molecule has 1 aliphatic carbocycles. The molecule has 0 radical (unpaired) electrons. The molecule has 0 bridgehead atoms. The highest BCUT2D eigenvalue weighted by Gasteiger charge is 2.50. The van der Waals surface area contributed by atoms with Crippen LogP contribution in [0.2, 0.25) is 0 Å². The van der Waals surface area contributed by atoms with E-state index in [4.69, 9.17) is 4.74 Å². The fourth-order valence-corrected chi connectivity index (χ4v) is 10.8. The number of nitro benzene ring substituents is 1. The molecule has 65 heavy (non-hydrogen) atoms. The van der Waals surface area contributed by atoms with Gasteiger partial charge in [-0.25, -0.2) is 4.98 Å². The third-order valence-electron chi connectivity index (χ3n) is 13.8. The summed E-state index contributed by atoms with van der Waals surface area (Å²) in [5, 5.41) is 15.4. The van der Waals surface area contributed by atoms with Crippen molar-refractivity contribution in [3.8, 4) is 11.5 Å². The van der Waals surface area contributed by atoms with Crippen molar-refractivity contribution in [2.75, 3.05) is 50.0 Å². The van der Waals surface area contributed by atoms with Crippen LogP contribution < -0.4 is 19.7 Å². The number of Topliss-reactive ketones (excluding diaryl/α,β-unsaturated/α-hetero) is 1. The van der Waals surface area contributed by atoms with E-state index in [2.05, 4.69) is 85.0 Å². The van der Waals surface area contributed by atoms with Gasteiger partial charge < -0.3 is 19.9 Å². The first-order valence-electron chi connectivity index (χ1n) is 22.6. The van der Waals surface area contributed by atoms with Gasteiger partial charge in [-0.2, -0.15) is 0 Å². The number of benzene rings is 4. The Hall–Kier alpha value is -6.22. The SMILES string of the molecule is CNc1ccc(SNC(=O)c2ccc(N3CCC4(CC3)CC(N3CCN(Cc5ccc(C(C)=O)cc5)CC3c3ccccc3C(C)C)C4)cc2Oc2cnc3[nH]ccc3c2)cc1[N+](=O)[O-]. The first-order chi connectivity index (χ1) is 31.5. The van der Waals surface area contributed by atoms with Gasteiger partial charge in [0.1, 0.15) is 22.8 Å². The third-order valence-corrected chi connectivity index (χ3v) is 14.5. The quantitative estimate of drug-likeness (QED) is 0.0415. The van der Waals surface area contributed by atoms with Crippen LogP contribution in [0.15, 0.2) is 114 Å². The highest BCUT2D eigenvalue weighted by molar-refractivity contribution is 7.98. The lowest BCUT2D eigenvalue weighted by Crippen LogP contribution is -2.60. The standard InChI is InChI=1S/C51H56N8O5S/c1-33(2)42-7-5-6-8-43(42)47-32-56(31-35-9-11-36(12-10-35)34(3)60)23-24-58(47)39-28-51(29-39)18-21-57(22-19-51)38-13-15-44(48(26-38)64-40-25-37-17-20-53-49(37)54-30-40)50(61)55-65-41-14-16-45(52-4)46(27-41)59(62)63/h5-17,20,25-27,30,33,39,47,52H,18-19,21-24,28-29,31-32H2,1-4H3,(H,53,54)(H,55,61). The second-order valence-electron chi connectivity index (χ2n) is 18.2. The molecule has 14 heteroatoms. The van der Waals surface area contributed by atoms with E-state index in [1.165, 1.54) is 35.6 Å². The summed E-state index contributed by atoms with van der Waals surface area (Å²) in [5.74, 6) is 1.05. The number of ketones is 1. The highest BCUT2D eigenvalue weighted by atomic mass is 32.2. The Morgan fingerprint density at radius 3 is 2.49 bits per heavy atom. The molecule has 336 valence electrons. The molecule has 4 aromatic carbocycles. The lowest BCUT2D eigenvalue weighted by molar-refractivity contribution is -0.384. The molecule has 1 amide bonds. The molecule has 1 unspecified atom stereocenters. The number of hydrogen-bond acceptors (Lipinski definition) is 11. The molecule has 9 rings (SSSR count). The van der Waals surface area contributed by atoms with E-state index in [1.807, 2.05) is 42.6 Å². The van der Waals surface area contributed by atoms with Crippen LogP contribution in [0.1, 0.15) is 95.8 Å². The maximum atomic E-state index is 13.8. The molecule has 13 nitrogen and oxygen atoms in total. The monoisotopic (exact) mass is 892 g/mol. The number of rotatable bonds is 14. The summed E-state index contributed by atoms with van der Waals surface area (Å²) < 4.78 is 9.33. The fourth-order valence-electron chi connectivity index (χ4n) is 10.2. The van der Waals surface area contributed by atoms with Gasteiger partial charge in [0.25, 0.3) is 11.6 Å². The molecular formula is C51H56N8O5S. The number of hydrogen-bond donors (Lipinski definition) is 3. The van der Waals surface area contributed by atoms with Gasteiger partial charge in [-0.3, -0.25) is 34.2 Å². The molecule has 6 aromatic rings. The zero-order valence-electron chi connectivity index (χ0n) is 37.4. The van der Waals surface area contributed by atoms with Crippen molar-refractivity contribution in [2.45, 2.75) is 75.9 Å². The van der Waals surface area contributed by atoms with E-state index >= 15 is 0 Å². The number of piperazine rings is 1. The van der Waals surface area contributed by atoms with Crippen molar-refractivity contribution in [3.63, 3.8) is 0 Å². The molecule has 1 atom stereocenters. The van der Waals surface area contributed by atoms with Gasteiger partial charge in [-0.05, 0) is 109 Å².